The predicted octanol–water partition coefficient (Wildman–Crippen LogP) is 0.626. The van der Waals surface area contributed by atoms with Crippen molar-refractivity contribution in [2.24, 2.45) is 4.99 Å². The van der Waals surface area contributed by atoms with Gasteiger partial charge < -0.3 is 5.32 Å². The lowest BCUT2D eigenvalue weighted by atomic mass is 10.3. The van der Waals surface area contributed by atoms with Gasteiger partial charge in [-0.05, 0) is 27.1 Å². The fourth-order valence-electron chi connectivity index (χ4n) is 1.05. The summed E-state index contributed by atoms with van der Waals surface area (Å²) in [5, 5.41) is 9.79. The van der Waals surface area contributed by atoms with Crippen molar-refractivity contribution in [3.8, 4) is 0 Å². The fraction of sp³-hybridized carbons (Fsp3) is 0.875. The van der Waals surface area contributed by atoms with Gasteiger partial charge in [-0.1, -0.05) is 6.92 Å². The first-order valence-electron chi connectivity index (χ1n) is 4.22. The van der Waals surface area contributed by atoms with Crippen LogP contribution < -0.4 is 5.32 Å². The number of rotatable bonds is 6. The van der Waals surface area contributed by atoms with E-state index in [9.17, 15) is 0 Å². The molecule has 4 nitrogen and oxygen atoms in total. The third-order valence-electron chi connectivity index (χ3n) is 1.96. The van der Waals surface area contributed by atoms with Crippen molar-refractivity contribution in [3.05, 3.63) is 0 Å². The minimum absolute atomic E-state index is 0.354. The van der Waals surface area contributed by atoms with Crippen LogP contribution in [0.15, 0.2) is 4.99 Å². The first-order valence-corrected chi connectivity index (χ1v) is 4.22. The molecule has 0 fully saturated rings. The summed E-state index contributed by atoms with van der Waals surface area (Å²) in [5.41, 5.74) is 0. The highest BCUT2D eigenvalue weighted by Crippen LogP contribution is 1.96. The van der Waals surface area contributed by atoms with Crippen LogP contribution >= 0.6 is 0 Å². The molecule has 0 aromatic carbocycles. The van der Waals surface area contributed by atoms with E-state index in [4.69, 9.17) is 5.41 Å². The molecule has 0 heterocycles. The molecule has 12 heavy (non-hydrogen) atoms. The Morgan fingerprint density at radius 1 is 1.67 bits per heavy atom. The molecule has 0 rings (SSSR count). The van der Waals surface area contributed by atoms with Crippen molar-refractivity contribution < 1.29 is 0 Å². The SMILES string of the molecule is CCN(C)C(CCN=C=N)NC. The largest absolute Gasteiger partial charge is 0.305 e. The molecule has 70 valence electrons. The topological polar surface area (TPSA) is 51.5 Å². The van der Waals surface area contributed by atoms with Crippen LogP contribution in [0.25, 0.3) is 0 Å². The second-order valence-electron chi connectivity index (χ2n) is 2.66. The van der Waals surface area contributed by atoms with Gasteiger partial charge in [0.25, 0.3) is 0 Å². The molecule has 0 saturated heterocycles. The lowest BCUT2D eigenvalue weighted by molar-refractivity contribution is 0.215. The van der Waals surface area contributed by atoms with Crippen LogP contribution in [0.2, 0.25) is 0 Å². The molecule has 0 saturated carbocycles. The van der Waals surface area contributed by atoms with Gasteiger partial charge in [-0.2, -0.15) is 0 Å². The maximum Gasteiger partial charge on any atom is 0.0861 e. The fourth-order valence-corrected chi connectivity index (χ4v) is 1.05. The minimum atomic E-state index is 0.354. The van der Waals surface area contributed by atoms with Crippen LogP contribution in [0.5, 0.6) is 0 Å². The van der Waals surface area contributed by atoms with E-state index >= 15 is 0 Å². The highest BCUT2D eigenvalue weighted by molar-refractivity contribution is 5.35. The zero-order valence-electron chi connectivity index (χ0n) is 8.09. The molecule has 0 radical (unpaired) electrons. The lowest BCUT2D eigenvalue weighted by Crippen LogP contribution is -2.41. The first kappa shape index (κ1) is 11.3. The van der Waals surface area contributed by atoms with E-state index in [1.165, 1.54) is 0 Å². The van der Waals surface area contributed by atoms with Gasteiger partial charge in [0, 0.05) is 0 Å². The zero-order valence-corrected chi connectivity index (χ0v) is 8.09. The van der Waals surface area contributed by atoms with Gasteiger partial charge >= 0.3 is 0 Å². The van der Waals surface area contributed by atoms with Crippen LogP contribution in [0.1, 0.15) is 13.3 Å². The van der Waals surface area contributed by atoms with Crippen LogP contribution in [-0.2, 0) is 0 Å². The van der Waals surface area contributed by atoms with Crippen molar-refractivity contribution in [2.45, 2.75) is 19.5 Å². The van der Waals surface area contributed by atoms with E-state index in [0.29, 0.717) is 12.7 Å². The van der Waals surface area contributed by atoms with Crippen LogP contribution in [0, 0.1) is 5.41 Å². The van der Waals surface area contributed by atoms with Gasteiger partial charge in [0.1, 0.15) is 0 Å². The van der Waals surface area contributed by atoms with Gasteiger partial charge in [-0.3, -0.25) is 4.90 Å². The van der Waals surface area contributed by atoms with Crippen molar-refractivity contribution in [3.63, 3.8) is 0 Å². The number of nitrogens with zero attached hydrogens (tertiary/aromatic N) is 2. The second-order valence-corrected chi connectivity index (χ2v) is 2.66. The summed E-state index contributed by atoms with van der Waals surface area (Å²) >= 11 is 0. The van der Waals surface area contributed by atoms with Crippen molar-refractivity contribution in [2.75, 3.05) is 27.2 Å². The lowest BCUT2D eigenvalue weighted by Gasteiger charge is -2.25. The van der Waals surface area contributed by atoms with E-state index in [1.807, 2.05) is 13.1 Å². The zero-order chi connectivity index (χ0) is 9.40. The molecule has 1 unspecified atom stereocenters. The van der Waals surface area contributed by atoms with Gasteiger partial charge in [0.2, 0.25) is 0 Å². The molecule has 1 atom stereocenters. The Bertz CT molecular complexity index is 151. The van der Waals surface area contributed by atoms with E-state index in [0.717, 1.165) is 13.0 Å². The average molecular weight is 170 g/mol. The molecular weight excluding hydrogens is 152 g/mol. The molecule has 0 aromatic rings. The molecule has 4 heteroatoms. The van der Waals surface area contributed by atoms with E-state index in [-0.39, 0.29) is 0 Å². The Labute approximate surface area is 74.2 Å². The van der Waals surface area contributed by atoms with E-state index in [2.05, 4.69) is 29.2 Å². The maximum atomic E-state index is 6.61. The van der Waals surface area contributed by atoms with Gasteiger partial charge in [-0.25, -0.2) is 10.4 Å². The molecule has 0 aliphatic rings. The first-order chi connectivity index (χ1) is 5.76. The molecule has 0 bridgehead atoms. The molecule has 0 aliphatic heterocycles. The van der Waals surface area contributed by atoms with Gasteiger partial charge in [0.15, 0.2) is 0 Å². The quantitative estimate of drug-likeness (QED) is 0.453. The summed E-state index contributed by atoms with van der Waals surface area (Å²) in [4.78, 5) is 5.93. The summed E-state index contributed by atoms with van der Waals surface area (Å²) in [6.07, 6.45) is 1.28. The maximum absolute atomic E-state index is 6.61. The third kappa shape index (κ3) is 4.23. The van der Waals surface area contributed by atoms with Crippen LogP contribution in [0.4, 0.5) is 0 Å². The highest BCUT2D eigenvalue weighted by Gasteiger charge is 2.08. The molecule has 0 amide bonds. The smallest absolute Gasteiger partial charge is 0.0861 e. The molecule has 0 aliphatic carbocycles. The number of hydrogen-bond acceptors (Lipinski definition) is 4. The van der Waals surface area contributed by atoms with E-state index in [1.54, 1.807) is 0 Å². The predicted molar refractivity (Wildman–Crippen MR) is 50.8 cm³/mol. The Hall–Kier alpha value is -0.700. The van der Waals surface area contributed by atoms with E-state index < -0.39 is 0 Å². The van der Waals surface area contributed by atoms with Crippen LogP contribution in [-0.4, -0.2) is 44.3 Å². The molecular formula is C8H18N4. The molecule has 0 spiro atoms. The summed E-state index contributed by atoms with van der Waals surface area (Å²) in [6, 6.07) is 2.03. The third-order valence-corrected chi connectivity index (χ3v) is 1.96. The summed E-state index contributed by atoms with van der Waals surface area (Å²) < 4.78 is 0. The normalized spacial score (nSPS) is 12.7. The van der Waals surface area contributed by atoms with Crippen molar-refractivity contribution >= 4 is 6.01 Å². The number of hydrogen-bond donors (Lipinski definition) is 2. The van der Waals surface area contributed by atoms with Gasteiger partial charge in [0.05, 0.1) is 18.7 Å². The summed E-state index contributed by atoms with van der Waals surface area (Å²) in [7, 11) is 4.00. The Morgan fingerprint density at radius 2 is 2.33 bits per heavy atom. The minimum Gasteiger partial charge on any atom is -0.305 e. The molecule has 0 aromatic heterocycles. The summed E-state index contributed by atoms with van der Waals surface area (Å²) in [5.74, 6) is 0. The van der Waals surface area contributed by atoms with Crippen molar-refractivity contribution in [1.82, 2.24) is 10.2 Å². The van der Waals surface area contributed by atoms with Crippen molar-refractivity contribution in [1.29, 1.82) is 5.41 Å². The summed E-state index contributed by atoms with van der Waals surface area (Å²) in [6.45, 7) is 3.80. The Balaban J connectivity index is 3.73. The Kier molecular flexibility index (Phi) is 6.57. The van der Waals surface area contributed by atoms with Gasteiger partial charge in [-0.15, -0.1) is 0 Å². The second kappa shape index (κ2) is 6.98. The highest BCUT2D eigenvalue weighted by atomic mass is 15.2. The number of aliphatic imine (C=N–C) groups is 1. The average Bonchev–Trinajstić information content (AvgIpc) is 2.11. The Morgan fingerprint density at radius 3 is 2.75 bits per heavy atom. The van der Waals surface area contributed by atoms with Crippen LogP contribution in [0.3, 0.4) is 0 Å². The monoisotopic (exact) mass is 170 g/mol. The molecule has 2 N–H and O–H groups in total. The number of nitrogens with one attached hydrogen (secondary N) is 2. The standard InChI is InChI=1S/C8H18N4/c1-4-12(3)8(10-2)5-6-11-7-9/h8-10H,4-6H2,1-3H3.